The van der Waals surface area contributed by atoms with Crippen molar-refractivity contribution in [1.29, 1.82) is 0 Å². The molecule has 0 saturated carbocycles. The lowest BCUT2D eigenvalue weighted by Crippen LogP contribution is -2.38. The smallest absolute Gasteiger partial charge is 0.390 e. The molecule has 3 aromatic rings. The molecule has 0 radical (unpaired) electrons. The van der Waals surface area contributed by atoms with Gasteiger partial charge in [0.25, 0.3) is 0 Å². The Labute approximate surface area is 220 Å². The highest BCUT2D eigenvalue weighted by Gasteiger charge is 2.43. The van der Waals surface area contributed by atoms with Crippen LogP contribution in [-0.2, 0) is 18.8 Å². The molecule has 0 fully saturated rings. The second-order valence-corrected chi connectivity index (χ2v) is 10.9. The van der Waals surface area contributed by atoms with E-state index in [1.807, 2.05) is 6.92 Å². The minimum Gasteiger partial charge on any atom is -0.390 e. The molecule has 3 heterocycles. The van der Waals surface area contributed by atoms with Crippen molar-refractivity contribution in [2.24, 2.45) is 5.92 Å². The Hall–Kier alpha value is -2.60. The predicted octanol–water partition coefficient (Wildman–Crippen LogP) is 7.12. The third kappa shape index (κ3) is 6.33. The molecule has 0 aliphatic carbocycles. The number of hydrogen-bond acceptors (Lipinski definition) is 5. The zero-order valence-corrected chi connectivity index (χ0v) is 21.8. The van der Waals surface area contributed by atoms with E-state index in [-0.39, 0.29) is 12.5 Å². The molecule has 2 aromatic heterocycles. The Kier molecular flexibility index (Phi) is 7.61. The van der Waals surface area contributed by atoms with Crippen LogP contribution in [0.5, 0.6) is 0 Å². The third-order valence-corrected chi connectivity index (χ3v) is 6.95. The monoisotopic (exact) mass is 563 g/mol. The number of rotatable bonds is 7. The Morgan fingerprint density at radius 2 is 1.71 bits per heavy atom. The first kappa shape index (κ1) is 28.4. The SMILES string of the molecule is C[C@H](CCCC(C)(C)O)C[C@H]1c2[nH]c3ccc(Cl)cc3c2CCN1c1nc(C(F)(F)F)nc(C(F)(F)F)n1. The number of halogens is 7. The summed E-state index contributed by atoms with van der Waals surface area (Å²) in [6.45, 7) is 5.48. The molecule has 4 rings (SSSR count). The number of fused-ring (bicyclic) bond motifs is 3. The molecule has 6 nitrogen and oxygen atoms in total. The van der Waals surface area contributed by atoms with Crippen molar-refractivity contribution in [1.82, 2.24) is 19.9 Å². The van der Waals surface area contributed by atoms with Crippen LogP contribution in [0.3, 0.4) is 0 Å². The van der Waals surface area contributed by atoms with E-state index in [4.69, 9.17) is 11.6 Å². The van der Waals surface area contributed by atoms with Crippen molar-refractivity contribution in [3.05, 3.63) is 46.1 Å². The number of anilines is 1. The Morgan fingerprint density at radius 1 is 1.08 bits per heavy atom. The maximum Gasteiger partial charge on any atom is 0.451 e. The fraction of sp³-hybridized carbons (Fsp3) is 0.560. The van der Waals surface area contributed by atoms with Crippen LogP contribution in [0.25, 0.3) is 10.9 Å². The summed E-state index contributed by atoms with van der Waals surface area (Å²) in [6, 6.07) is 4.66. The van der Waals surface area contributed by atoms with Crippen LogP contribution in [0.1, 0.15) is 75.4 Å². The van der Waals surface area contributed by atoms with E-state index in [0.717, 1.165) is 16.5 Å². The average molecular weight is 564 g/mol. The summed E-state index contributed by atoms with van der Waals surface area (Å²) in [5, 5.41) is 11.4. The van der Waals surface area contributed by atoms with E-state index < -0.39 is 41.6 Å². The van der Waals surface area contributed by atoms with Crippen LogP contribution in [0.4, 0.5) is 32.3 Å². The molecule has 2 N–H and O–H groups in total. The van der Waals surface area contributed by atoms with E-state index in [2.05, 4.69) is 19.9 Å². The molecule has 0 amide bonds. The summed E-state index contributed by atoms with van der Waals surface area (Å²) in [5.41, 5.74) is 1.52. The van der Waals surface area contributed by atoms with Crippen molar-refractivity contribution in [3.8, 4) is 0 Å². The van der Waals surface area contributed by atoms with Crippen LogP contribution in [0.2, 0.25) is 5.02 Å². The van der Waals surface area contributed by atoms with Gasteiger partial charge >= 0.3 is 12.4 Å². The zero-order chi connectivity index (χ0) is 28.0. The quantitative estimate of drug-likeness (QED) is 0.299. The molecule has 0 saturated heterocycles. The maximum atomic E-state index is 13.5. The fourth-order valence-corrected chi connectivity index (χ4v) is 5.12. The maximum absolute atomic E-state index is 13.5. The number of hydrogen-bond donors (Lipinski definition) is 2. The largest absolute Gasteiger partial charge is 0.451 e. The number of aliphatic hydroxyl groups is 1. The molecular weight excluding hydrogens is 536 g/mol. The molecule has 0 spiro atoms. The molecule has 38 heavy (non-hydrogen) atoms. The highest BCUT2D eigenvalue weighted by atomic mass is 35.5. The summed E-state index contributed by atoms with van der Waals surface area (Å²) in [4.78, 5) is 14.3. The summed E-state index contributed by atoms with van der Waals surface area (Å²) < 4.78 is 80.9. The van der Waals surface area contributed by atoms with Gasteiger partial charge in [-0.25, -0.2) is 4.98 Å². The first-order valence-electron chi connectivity index (χ1n) is 12.2. The van der Waals surface area contributed by atoms with Crippen LogP contribution in [-0.4, -0.2) is 37.2 Å². The number of alkyl halides is 6. The van der Waals surface area contributed by atoms with E-state index >= 15 is 0 Å². The first-order valence-corrected chi connectivity index (χ1v) is 12.6. The van der Waals surface area contributed by atoms with Gasteiger partial charge in [0.15, 0.2) is 0 Å². The van der Waals surface area contributed by atoms with Crippen molar-refractivity contribution in [2.45, 2.75) is 76.9 Å². The van der Waals surface area contributed by atoms with E-state index in [1.165, 1.54) is 4.90 Å². The van der Waals surface area contributed by atoms with Gasteiger partial charge < -0.3 is 15.0 Å². The lowest BCUT2D eigenvalue weighted by atomic mass is 9.88. The van der Waals surface area contributed by atoms with Gasteiger partial charge in [-0.15, -0.1) is 0 Å². The zero-order valence-electron chi connectivity index (χ0n) is 21.0. The van der Waals surface area contributed by atoms with Crippen LogP contribution < -0.4 is 4.90 Å². The Morgan fingerprint density at radius 3 is 2.29 bits per heavy atom. The van der Waals surface area contributed by atoms with Gasteiger partial charge in [0.1, 0.15) is 0 Å². The molecule has 13 heteroatoms. The lowest BCUT2D eigenvalue weighted by Gasteiger charge is -2.37. The molecule has 1 aliphatic heterocycles. The standard InChI is InChI=1S/C25H28ClF6N5O/c1-13(5-4-9-23(2,3)38)11-18-19-15(16-12-14(26)6-7-17(16)33-19)8-10-37(18)22-35-20(24(27,28)29)34-21(36-22)25(30,31)32/h6-7,12-13,18,33,38H,4-5,8-11H2,1-3H3/t13-,18+/m1/s1. The van der Waals surface area contributed by atoms with Gasteiger partial charge in [-0.1, -0.05) is 31.4 Å². The number of aromatic nitrogens is 4. The highest BCUT2D eigenvalue weighted by Crippen LogP contribution is 2.42. The number of nitrogens with one attached hydrogen (secondary N) is 1. The van der Waals surface area contributed by atoms with Crippen molar-refractivity contribution >= 4 is 28.5 Å². The summed E-state index contributed by atoms with van der Waals surface area (Å²) >= 11 is 6.19. The molecule has 2 atom stereocenters. The normalized spacial score (nSPS) is 17.7. The van der Waals surface area contributed by atoms with Crippen LogP contribution in [0.15, 0.2) is 18.2 Å². The van der Waals surface area contributed by atoms with Crippen molar-refractivity contribution in [3.63, 3.8) is 0 Å². The van der Waals surface area contributed by atoms with E-state index in [1.54, 1.807) is 32.0 Å². The second kappa shape index (κ2) is 10.2. The van der Waals surface area contributed by atoms with E-state index in [0.29, 0.717) is 42.8 Å². The summed E-state index contributed by atoms with van der Waals surface area (Å²) in [6.07, 6.45) is -7.66. The minimum atomic E-state index is -5.18. The summed E-state index contributed by atoms with van der Waals surface area (Å²) in [7, 11) is 0. The van der Waals surface area contributed by atoms with Crippen LogP contribution >= 0.6 is 11.6 Å². The third-order valence-electron chi connectivity index (χ3n) is 6.71. The summed E-state index contributed by atoms with van der Waals surface area (Å²) in [5.74, 6) is -4.42. The predicted molar refractivity (Wildman–Crippen MR) is 131 cm³/mol. The number of aromatic amines is 1. The molecule has 0 bridgehead atoms. The van der Waals surface area contributed by atoms with E-state index in [9.17, 15) is 31.4 Å². The molecular formula is C25H28ClF6N5O. The van der Waals surface area contributed by atoms with Gasteiger partial charge in [0.05, 0.1) is 11.6 Å². The molecule has 0 unspecified atom stereocenters. The topological polar surface area (TPSA) is 77.9 Å². The molecule has 1 aliphatic rings. The minimum absolute atomic E-state index is 0.0248. The van der Waals surface area contributed by atoms with Gasteiger partial charge in [-0.2, -0.15) is 36.3 Å². The first-order chi connectivity index (χ1) is 17.5. The number of H-pyrrole nitrogens is 1. The van der Waals surface area contributed by atoms with Gasteiger partial charge in [0, 0.05) is 28.2 Å². The van der Waals surface area contributed by atoms with Crippen molar-refractivity contribution < 1.29 is 31.4 Å². The van der Waals surface area contributed by atoms with Gasteiger partial charge in [0.2, 0.25) is 17.6 Å². The Balaban J connectivity index is 1.77. The Bertz CT molecular complexity index is 1270. The average Bonchev–Trinajstić information content (AvgIpc) is 3.15. The number of benzene rings is 1. The second-order valence-electron chi connectivity index (χ2n) is 10.5. The van der Waals surface area contributed by atoms with Gasteiger partial charge in [-0.3, -0.25) is 0 Å². The number of nitrogens with zero attached hydrogens (tertiary/aromatic N) is 4. The molecule has 208 valence electrons. The van der Waals surface area contributed by atoms with Crippen LogP contribution in [0, 0.1) is 5.92 Å². The van der Waals surface area contributed by atoms with Gasteiger partial charge in [-0.05, 0) is 62.8 Å². The fourth-order valence-electron chi connectivity index (χ4n) is 4.95. The lowest BCUT2D eigenvalue weighted by molar-refractivity contribution is -0.155. The highest BCUT2D eigenvalue weighted by molar-refractivity contribution is 6.31. The van der Waals surface area contributed by atoms with Crippen molar-refractivity contribution in [2.75, 3.05) is 11.4 Å². The molecule has 1 aromatic carbocycles.